The first-order chi connectivity index (χ1) is 9.40. The van der Waals surface area contributed by atoms with Gasteiger partial charge in [0, 0.05) is 34.2 Å². The highest BCUT2D eigenvalue weighted by molar-refractivity contribution is 7.98. The summed E-state index contributed by atoms with van der Waals surface area (Å²) in [5, 5.41) is 1.14. The fourth-order valence-corrected chi connectivity index (χ4v) is 3.28. The standard InChI is InChI=1S/C14H11N3OS/c1-2-12-9(3-4-15-12)5-10(1)18-14-11-6-19-7-13(11)16-8-17-14/h1-5,8,15H,6-7H2. The predicted octanol–water partition coefficient (Wildman–Crippen LogP) is 3.50. The van der Waals surface area contributed by atoms with Crippen molar-refractivity contribution in [3.63, 3.8) is 0 Å². The minimum atomic E-state index is 0.685. The van der Waals surface area contributed by atoms with Crippen molar-refractivity contribution in [3.05, 3.63) is 48.0 Å². The van der Waals surface area contributed by atoms with Crippen molar-refractivity contribution >= 4 is 22.7 Å². The summed E-state index contributed by atoms with van der Waals surface area (Å²) in [5.41, 5.74) is 3.33. The zero-order chi connectivity index (χ0) is 12.7. The van der Waals surface area contributed by atoms with Gasteiger partial charge in [-0.1, -0.05) is 0 Å². The zero-order valence-corrected chi connectivity index (χ0v) is 10.9. The van der Waals surface area contributed by atoms with Crippen molar-refractivity contribution in [2.24, 2.45) is 0 Å². The van der Waals surface area contributed by atoms with E-state index in [0.717, 1.165) is 39.4 Å². The van der Waals surface area contributed by atoms with Gasteiger partial charge in [0.25, 0.3) is 0 Å². The van der Waals surface area contributed by atoms with Gasteiger partial charge in [-0.3, -0.25) is 0 Å². The van der Waals surface area contributed by atoms with E-state index in [2.05, 4.69) is 15.0 Å². The molecular formula is C14H11N3OS. The highest BCUT2D eigenvalue weighted by atomic mass is 32.2. The summed E-state index contributed by atoms with van der Waals surface area (Å²) in [6.45, 7) is 0. The van der Waals surface area contributed by atoms with Crippen molar-refractivity contribution in [2.45, 2.75) is 11.5 Å². The van der Waals surface area contributed by atoms with Gasteiger partial charge in [-0.25, -0.2) is 9.97 Å². The smallest absolute Gasteiger partial charge is 0.226 e. The summed E-state index contributed by atoms with van der Waals surface area (Å²) in [5.74, 6) is 3.37. The fourth-order valence-electron chi connectivity index (χ4n) is 2.24. The van der Waals surface area contributed by atoms with Gasteiger partial charge in [0.2, 0.25) is 5.88 Å². The van der Waals surface area contributed by atoms with Crippen LogP contribution in [0.15, 0.2) is 36.8 Å². The van der Waals surface area contributed by atoms with Gasteiger partial charge in [-0.05, 0) is 24.3 Å². The van der Waals surface area contributed by atoms with E-state index < -0.39 is 0 Å². The predicted molar refractivity (Wildman–Crippen MR) is 75.4 cm³/mol. The Balaban J connectivity index is 1.73. The van der Waals surface area contributed by atoms with Gasteiger partial charge in [0.15, 0.2) is 0 Å². The van der Waals surface area contributed by atoms with Crippen LogP contribution in [0.3, 0.4) is 0 Å². The second-order valence-electron chi connectivity index (χ2n) is 4.43. The number of nitrogens with zero attached hydrogens (tertiary/aromatic N) is 2. The molecule has 0 saturated heterocycles. The Morgan fingerprint density at radius 2 is 2.16 bits per heavy atom. The number of aromatic amines is 1. The Morgan fingerprint density at radius 3 is 3.16 bits per heavy atom. The monoisotopic (exact) mass is 269 g/mol. The first kappa shape index (κ1) is 10.9. The maximum atomic E-state index is 5.92. The number of thioether (sulfide) groups is 1. The van der Waals surface area contributed by atoms with E-state index >= 15 is 0 Å². The molecule has 1 aliphatic rings. The van der Waals surface area contributed by atoms with Gasteiger partial charge in [0.1, 0.15) is 12.1 Å². The minimum absolute atomic E-state index is 0.685. The lowest BCUT2D eigenvalue weighted by molar-refractivity contribution is 0.457. The molecule has 19 heavy (non-hydrogen) atoms. The summed E-state index contributed by atoms with van der Waals surface area (Å²) in [6.07, 6.45) is 3.50. The third kappa shape index (κ3) is 1.86. The molecule has 0 unspecified atom stereocenters. The van der Waals surface area contributed by atoms with Crippen LogP contribution in [0.1, 0.15) is 11.3 Å². The van der Waals surface area contributed by atoms with Crippen LogP contribution in [-0.2, 0) is 11.5 Å². The number of fused-ring (bicyclic) bond motifs is 2. The molecule has 5 heteroatoms. The summed E-state index contributed by atoms with van der Waals surface area (Å²) in [7, 11) is 0. The van der Waals surface area contributed by atoms with Gasteiger partial charge < -0.3 is 9.72 Å². The molecule has 1 N–H and O–H groups in total. The summed E-state index contributed by atoms with van der Waals surface area (Å²) in [4.78, 5) is 11.7. The highest BCUT2D eigenvalue weighted by Gasteiger charge is 2.19. The Bertz CT molecular complexity index is 753. The zero-order valence-electron chi connectivity index (χ0n) is 10.1. The first-order valence-electron chi connectivity index (χ1n) is 6.06. The normalized spacial score (nSPS) is 13.7. The topological polar surface area (TPSA) is 50.8 Å². The molecule has 0 aliphatic carbocycles. The van der Waals surface area contributed by atoms with Crippen LogP contribution < -0.4 is 4.74 Å². The molecule has 4 rings (SSSR count). The van der Waals surface area contributed by atoms with Gasteiger partial charge in [0.05, 0.1) is 5.69 Å². The van der Waals surface area contributed by atoms with Gasteiger partial charge >= 0.3 is 0 Å². The van der Waals surface area contributed by atoms with Gasteiger partial charge in [-0.2, -0.15) is 11.8 Å². The van der Waals surface area contributed by atoms with Crippen LogP contribution in [0.4, 0.5) is 0 Å². The Labute approximate surface area is 114 Å². The van der Waals surface area contributed by atoms with Crippen molar-refractivity contribution in [2.75, 3.05) is 0 Å². The number of hydrogen-bond acceptors (Lipinski definition) is 4. The van der Waals surface area contributed by atoms with E-state index in [4.69, 9.17) is 4.74 Å². The summed E-state index contributed by atoms with van der Waals surface area (Å²) >= 11 is 1.84. The summed E-state index contributed by atoms with van der Waals surface area (Å²) < 4.78 is 5.92. The summed E-state index contributed by atoms with van der Waals surface area (Å²) in [6, 6.07) is 8.02. The lowest BCUT2D eigenvalue weighted by Gasteiger charge is -2.08. The van der Waals surface area contributed by atoms with Crippen molar-refractivity contribution in [1.29, 1.82) is 0 Å². The molecule has 0 atom stereocenters. The molecule has 2 aromatic heterocycles. The lowest BCUT2D eigenvalue weighted by atomic mass is 10.2. The number of rotatable bonds is 2. The van der Waals surface area contributed by atoms with Crippen LogP contribution in [-0.4, -0.2) is 15.0 Å². The van der Waals surface area contributed by atoms with E-state index in [1.165, 1.54) is 0 Å². The molecule has 0 radical (unpaired) electrons. The van der Waals surface area contributed by atoms with E-state index in [0.29, 0.717) is 5.88 Å². The SMILES string of the molecule is c1nc2c(c(Oc3ccc4[nH]ccc4c3)n1)CSC2. The molecule has 4 nitrogen and oxygen atoms in total. The van der Waals surface area contributed by atoms with E-state index in [1.54, 1.807) is 6.33 Å². The molecular weight excluding hydrogens is 258 g/mol. The van der Waals surface area contributed by atoms with Gasteiger partial charge in [-0.15, -0.1) is 0 Å². The molecule has 3 heterocycles. The minimum Gasteiger partial charge on any atom is -0.439 e. The molecule has 1 aliphatic heterocycles. The number of ether oxygens (including phenoxy) is 1. The number of aromatic nitrogens is 3. The quantitative estimate of drug-likeness (QED) is 0.773. The van der Waals surface area contributed by atoms with Crippen LogP contribution in [0.2, 0.25) is 0 Å². The van der Waals surface area contributed by atoms with Crippen molar-refractivity contribution in [1.82, 2.24) is 15.0 Å². The molecule has 0 bridgehead atoms. The highest BCUT2D eigenvalue weighted by Crippen LogP contribution is 2.35. The molecule has 0 spiro atoms. The van der Waals surface area contributed by atoms with Crippen LogP contribution in [0.25, 0.3) is 10.9 Å². The molecule has 0 saturated carbocycles. The Morgan fingerprint density at radius 1 is 1.16 bits per heavy atom. The van der Waals surface area contributed by atoms with Crippen molar-refractivity contribution in [3.8, 4) is 11.6 Å². The third-order valence-corrected chi connectivity index (χ3v) is 4.19. The van der Waals surface area contributed by atoms with Crippen LogP contribution in [0.5, 0.6) is 11.6 Å². The average Bonchev–Trinajstić information content (AvgIpc) is 3.06. The average molecular weight is 269 g/mol. The van der Waals surface area contributed by atoms with E-state index in [1.807, 2.05) is 42.2 Å². The molecule has 3 aromatic rings. The number of H-pyrrole nitrogens is 1. The molecule has 94 valence electrons. The maximum Gasteiger partial charge on any atom is 0.226 e. The number of nitrogens with one attached hydrogen (secondary N) is 1. The molecule has 0 fully saturated rings. The lowest BCUT2D eigenvalue weighted by Crippen LogP contribution is -1.96. The van der Waals surface area contributed by atoms with Crippen LogP contribution >= 0.6 is 11.8 Å². The largest absolute Gasteiger partial charge is 0.439 e. The van der Waals surface area contributed by atoms with E-state index in [9.17, 15) is 0 Å². The fraction of sp³-hybridized carbons (Fsp3) is 0.143. The number of benzene rings is 1. The maximum absolute atomic E-state index is 5.92. The van der Waals surface area contributed by atoms with E-state index in [-0.39, 0.29) is 0 Å². The second kappa shape index (κ2) is 4.28. The molecule has 1 aromatic carbocycles. The third-order valence-electron chi connectivity index (χ3n) is 3.22. The van der Waals surface area contributed by atoms with Crippen LogP contribution in [0, 0.1) is 0 Å². The molecule has 0 amide bonds. The second-order valence-corrected chi connectivity index (χ2v) is 5.41. The number of hydrogen-bond donors (Lipinski definition) is 1. The first-order valence-corrected chi connectivity index (χ1v) is 7.21. The Hall–Kier alpha value is -2.01. The Kier molecular flexibility index (Phi) is 2.45. The van der Waals surface area contributed by atoms with Crippen molar-refractivity contribution < 1.29 is 4.74 Å².